The number of halogens is 1. The Bertz CT molecular complexity index is 649. The number of aromatic nitrogens is 1. The fraction of sp³-hybridized carbons (Fsp3) is 0.0769. The number of carbonyl (C=O) groups is 1. The van der Waals surface area contributed by atoms with Gasteiger partial charge >= 0.3 is 5.76 Å². The number of oxazole rings is 1. The molecule has 0 aliphatic heterocycles. The number of rotatable bonds is 3. The first-order valence-corrected chi connectivity index (χ1v) is 5.22. The molecule has 2 rings (SSSR count). The molecule has 0 atom stereocenters. The summed E-state index contributed by atoms with van der Waals surface area (Å²) in [6, 6.07) is 6.02. The van der Waals surface area contributed by atoms with Crippen LogP contribution in [0.2, 0.25) is 0 Å². The zero-order valence-corrected chi connectivity index (χ0v) is 9.59. The Morgan fingerprint density at radius 3 is 2.39 bits per heavy atom. The Balaban J connectivity index is 2.32. The summed E-state index contributed by atoms with van der Waals surface area (Å²) >= 11 is 0. The van der Waals surface area contributed by atoms with Gasteiger partial charge in [0.25, 0.3) is 0 Å². The van der Waals surface area contributed by atoms with Crippen LogP contribution in [0.3, 0.4) is 0 Å². The van der Waals surface area contributed by atoms with Crippen molar-refractivity contribution in [2.24, 2.45) is 0 Å². The van der Waals surface area contributed by atoms with Crippen LogP contribution in [0.5, 0.6) is 0 Å². The lowest BCUT2D eigenvalue weighted by molar-refractivity contribution is 0.101. The van der Waals surface area contributed by atoms with Crippen molar-refractivity contribution in [3.8, 4) is 0 Å². The maximum Gasteiger partial charge on any atom is 0.423 e. The molecule has 0 amide bonds. The molecule has 18 heavy (non-hydrogen) atoms. The molecule has 0 fully saturated rings. The summed E-state index contributed by atoms with van der Waals surface area (Å²) in [7, 11) is 0. The van der Waals surface area contributed by atoms with Gasteiger partial charge in [0.1, 0.15) is 12.1 Å². The molecule has 1 aromatic heterocycles. The van der Waals surface area contributed by atoms with Crippen molar-refractivity contribution in [2.45, 2.75) is 6.92 Å². The second kappa shape index (κ2) is 4.83. The SMILES string of the molecule is CC(=O)c1ccc(/C(F)=C/n2ccoc2=O)cc1. The molecule has 1 heterocycles. The summed E-state index contributed by atoms with van der Waals surface area (Å²) in [5.41, 5.74) is 0.792. The molecule has 0 bridgehead atoms. The van der Waals surface area contributed by atoms with Crippen molar-refractivity contribution in [3.05, 3.63) is 58.4 Å². The Morgan fingerprint density at radius 1 is 1.28 bits per heavy atom. The van der Waals surface area contributed by atoms with Crippen molar-refractivity contribution >= 4 is 17.8 Å². The Morgan fingerprint density at radius 2 is 1.89 bits per heavy atom. The Labute approximate surface area is 102 Å². The van der Waals surface area contributed by atoms with Crippen LogP contribution in [0.15, 0.2) is 45.9 Å². The van der Waals surface area contributed by atoms with Crippen LogP contribution in [0.4, 0.5) is 4.39 Å². The number of hydrogen-bond acceptors (Lipinski definition) is 3. The highest BCUT2D eigenvalue weighted by molar-refractivity contribution is 5.94. The highest BCUT2D eigenvalue weighted by atomic mass is 19.1. The average molecular weight is 247 g/mol. The van der Waals surface area contributed by atoms with Crippen molar-refractivity contribution in [2.75, 3.05) is 0 Å². The highest BCUT2D eigenvalue weighted by Crippen LogP contribution is 2.17. The third-order valence-corrected chi connectivity index (χ3v) is 2.42. The van der Waals surface area contributed by atoms with Gasteiger partial charge in [-0.05, 0) is 6.92 Å². The van der Waals surface area contributed by atoms with E-state index in [-0.39, 0.29) is 11.3 Å². The zero-order valence-electron chi connectivity index (χ0n) is 9.59. The van der Waals surface area contributed by atoms with Gasteiger partial charge in [0.05, 0.1) is 12.4 Å². The topological polar surface area (TPSA) is 52.2 Å². The number of ketones is 1. The molecular weight excluding hydrogens is 237 g/mol. The molecular formula is C13H10FNO3. The van der Waals surface area contributed by atoms with Crippen molar-refractivity contribution < 1.29 is 13.6 Å². The maximum atomic E-state index is 13.8. The lowest BCUT2D eigenvalue weighted by Crippen LogP contribution is -2.06. The summed E-state index contributed by atoms with van der Waals surface area (Å²) in [4.78, 5) is 22.1. The zero-order chi connectivity index (χ0) is 13.1. The predicted molar refractivity (Wildman–Crippen MR) is 64.7 cm³/mol. The van der Waals surface area contributed by atoms with E-state index in [0.29, 0.717) is 5.56 Å². The summed E-state index contributed by atoms with van der Waals surface area (Å²) in [5.74, 6) is -1.34. The van der Waals surface area contributed by atoms with E-state index in [1.54, 1.807) is 0 Å². The molecule has 1 aromatic carbocycles. The largest absolute Gasteiger partial charge is 0.423 e. The minimum Gasteiger partial charge on any atom is -0.416 e. The number of Topliss-reactive ketones (excluding diaryl/α,β-unsaturated/α-hetero) is 1. The third kappa shape index (κ3) is 2.45. The minimum atomic E-state index is -0.662. The van der Waals surface area contributed by atoms with E-state index in [1.165, 1.54) is 43.6 Å². The van der Waals surface area contributed by atoms with Gasteiger partial charge in [0.2, 0.25) is 0 Å². The third-order valence-electron chi connectivity index (χ3n) is 2.42. The molecule has 0 unspecified atom stereocenters. The molecule has 92 valence electrons. The Hall–Kier alpha value is -2.43. The van der Waals surface area contributed by atoms with Gasteiger partial charge in [0, 0.05) is 11.1 Å². The van der Waals surface area contributed by atoms with Crippen molar-refractivity contribution in [1.82, 2.24) is 4.57 Å². The smallest absolute Gasteiger partial charge is 0.416 e. The fourth-order valence-corrected chi connectivity index (χ4v) is 1.43. The number of hydrogen-bond donors (Lipinski definition) is 0. The first-order chi connectivity index (χ1) is 8.58. The molecule has 0 N–H and O–H groups in total. The van der Waals surface area contributed by atoms with Gasteiger partial charge in [-0.2, -0.15) is 0 Å². The maximum absolute atomic E-state index is 13.8. The molecule has 2 aromatic rings. The van der Waals surface area contributed by atoms with E-state index < -0.39 is 11.6 Å². The van der Waals surface area contributed by atoms with Crippen LogP contribution in [-0.2, 0) is 0 Å². The molecule has 0 aliphatic rings. The normalized spacial score (nSPS) is 11.6. The summed E-state index contributed by atoms with van der Waals surface area (Å²) in [6.07, 6.45) is 3.51. The van der Waals surface area contributed by atoms with Gasteiger partial charge < -0.3 is 4.42 Å². The number of benzene rings is 1. The number of carbonyl (C=O) groups excluding carboxylic acids is 1. The van der Waals surface area contributed by atoms with Crippen LogP contribution in [-0.4, -0.2) is 10.4 Å². The molecule has 0 radical (unpaired) electrons. The standard InChI is InChI=1S/C13H10FNO3/c1-9(16)10-2-4-11(5-3-10)12(14)8-15-6-7-18-13(15)17/h2-8H,1H3/b12-8-. The van der Waals surface area contributed by atoms with E-state index in [9.17, 15) is 14.0 Å². The molecule has 4 nitrogen and oxygen atoms in total. The van der Waals surface area contributed by atoms with Gasteiger partial charge in [-0.15, -0.1) is 0 Å². The van der Waals surface area contributed by atoms with E-state index in [1.807, 2.05) is 0 Å². The lowest BCUT2D eigenvalue weighted by Gasteiger charge is -1.99. The molecule has 5 heteroatoms. The van der Waals surface area contributed by atoms with Crippen LogP contribution in [0.25, 0.3) is 12.0 Å². The van der Waals surface area contributed by atoms with E-state index in [0.717, 1.165) is 10.8 Å². The molecule has 0 aliphatic carbocycles. The van der Waals surface area contributed by atoms with E-state index in [2.05, 4.69) is 4.42 Å². The molecule has 0 spiro atoms. The monoisotopic (exact) mass is 247 g/mol. The van der Waals surface area contributed by atoms with Crippen molar-refractivity contribution in [3.63, 3.8) is 0 Å². The van der Waals surface area contributed by atoms with Gasteiger partial charge in [-0.1, -0.05) is 24.3 Å². The average Bonchev–Trinajstić information content (AvgIpc) is 2.75. The first-order valence-electron chi connectivity index (χ1n) is 5.22. The van der Waals surface area contributed by atoms with Crippen LogP contribution >= 0.6 is 0 Å². The van der Waals surface area contributed by atoms with Crippen LogP contribution in [0.1, 0.15) is 22.8 Å². The van der Waals surface area contributed by atoms with Gasteiger partial charge in [-0.25, -0.2) is 9.18 Å². The van der Waals surface area contributed by atoms with Crippen LogP contribution in [0, 0.1) is 0 Å². The fourth-order valence-electron chi connectivity index (χ4n) is 1.43. The second-order valence-electron chi connectivity index (χ2n) is 3.69. The second-order valence-corrected chi connectivity index (χ2v) is 3.69. The first kappa shape index (κ1) is 12.0. The van der Waals surface area contributed by atoms with Crippen LogP contribution < -0.4 is 5.76 Å². The lowest BCUT2D eigenvalue weighted by atomic mass is 10.1. The molecule has 0 saturated carbocycles. The minimum absolute atomic E-state index is 0.0861. The Kier molecular flexibility index (Phi) is 3.23. The summed E-state index contributed by atoms with van der Waals surface area (Å²) in [5, 5.41) is 0. The van der Waals surface area contributed by atoms with E-state index >= 15 is 0 Å². The molecule has 0 saturated heterocycles. The summed E-state index contributed by atoms with van der Waals surface area (Å²) < 4.78 is 19.3. The highest BCUT2D eigenvalue weighted by Gasteiger charge is 2.04. The predicted octanol–water partition coefficient (Wildman–Crippen LogP) is 2.57. The van der Waals surface area contributed by atoms with Crippen molar-refractivity contribution in [1.29, 1.82) is 0 Å². The summed E-state index contributed by atoms with van der Waals surface area (Å²) in [6.45, 7) is 1.44. The van der Waals surface area contributed by atoms with Gasteiger partial charge in [-0.3, -0.25) is 9.36 Å². The van der Waals surface area contributed by atoms with E-state index in [4.69, 9.17) is 0 Å². The number of nitrogens with zero attached hydrogens (tertiary/aromatic N) is 1. The van der Waals surface area contributed by atoms with Gasteiger partial charge in [0.15, 0.2) is 5.78 Å². The quantitative estimate of drug-likeness (QED) is 0.783.